The lowest BCUT2D eigenvalue weighted by Gasteiger charge is -2.30. The molecule has 0 aromatic carbocycles. The third-order valence-electron chi connectivity index (χ3n) is 2.92. The zero-order valence-electron chi connectivity index (χ0n) is 10.2. The second-order valence-electron chi connectivity index (χ2n) is 4.12. The standard InChI is InChI=1S/C9H12BrN5O3S/c1-14-9(8(10)12-13-14)19(17,18)15-5-3-2-4-7(15)11-6-16/h7H,2-5H2,1H3. The van der Waals surface area contributed by atoms with Gasteiger partial charge in [-0.15, -0.1) is 5.10 Å². The van der Waals surface area contributed by atoms with Gasteiger partial charge in [0.05, 0.1) is 0 Å². The Morgan fingerprint density at radius 2 is 2.21 bits per heavy atom. The van der Waals surface area contributed by atoms with E-state index in [0.29, 0.717) is 13.0 Å². The fourth-order valence-electron chi connectivity index (χ4n) is 2.07. The number of isocyanates is 1. The lowest BCUT2D eigenvalue weighted by molar-refractivity contribution is 0.257. The normalized spacial score (nSPS) is 21.1. The molecule has 1 aromatic heterocycles. The molecule has 2 rings (SSSR count). The van der Waals surface area contributed by atoms with Gasteiger partial charge in [0.1, 0.15) is 6.17 Å². The van der Waals surface area contributed by atoms with Gasteiger partial charge in [0.2, 0.25) is 11.1 Å². The minimum absolute atomic E-state index is 0.0412. The summed E-state index contributed by atoms with van der Waals surface area (Å²) in [6.45, 7) is 0.315. The molecule has 104 valence electrons. The quantitative estimate of drug-likeness (QED) is 0.581. The van der Waals surface area contributed by atoms with Crippen molar-refractivity contribution in [2.24, 2.45) is 12.0 Å². The molecule has 0 saturated carbocycles. The highest BCUT2D eigenvalue weighted by Gasteiger charge is 2.37. The SMILES string of the molecule is Cn1nnc(Br)c1S(=O)(=O)N1CCCCC1N=C=O. The minimum Gasteiger partial charge on any atom is -0.235 e. The van der Waals surface area contributed by atoms with Crippen LogP contribution in [0.1, 0.15) is 19.3 Å². The number of carbonyl (C=O) groups excluding carboxylic acids is 1. The summed E-state index contributed by atoms with van der Waals surface area (Å²) in [4.78, 5) is 14.0. The molecule has 0 radical (unpaired) electrons. The van der Waals surface area contributed by atoms with Crippen LogP contribution in [0.5, 0.6) is 0 Å². The smallest absolute Gasteiger partial charge is 0.235 e. The van der Waals surface area contributed by atoms with Crippen LogP contribution in [0.2, 0.25) is 0 Å². The monoisotopic (exact) mass is 349 g/mol. The Balaban J connectivity index is 2.46. The minimum atomic E-state index is -3.80. The molecule has 1 unspecified atom stereocenters. The van der Waals surface area contributed by atoms with Crippen molar-refractivity contribution in [1.29, 1.82) is 0 Å². The van der Waals surface area contributed by atoms with E-state index in [-0.39, 0.29) is 9.63 Å². The second-order valence-corrected chi connectivity index (χ2v) is 6.68. The molecule has 2 heterocycles. The number of nitrogens with zero attached hydrogens (tertiary/aromatic N) is 5. The summed E-state index contributed by atoms with van der Waals surface area (Å²) in [5.74, 6) is 0. The molecule has 1 atom stereocenters. The zero-order valence-corrected chi connectivity index (χ0v) is 12.6. The molecule has 1 aliphatic heterocycles. The van der Waals surface area contributed by atoms with E-state index in [4.69, 9.17) is 0 Å². The first kappa shape index (κ1) is 14.3. The summed E-state index contributed by atoms with van der Waals surface area (Å²) in [6.07, 6.45) is 2.80. The summed E-state index contributed by atoms with van der Waals surface area (Å²) in [7, 11) is -2.31. The third kappa shape index (κ3) is 2.62. The van der Waals surface area contributed by atoms with Crippen LogP contribution in [0.15, 0.2) is 14.6 Å². The van der Waals surface area contributed by atoms with Gasteiger partial charge in [0, 0.05) is 13.6 Å². The first-order valence-corrected chi connectivity index (χ1v) is 7.86. The number of sulfonamides is 1. The maximum Gasteiger partial charge on any atom is 0.264 e. The van der Waals surface area contributed by atoms with Crippen molar-refractivity contribution in [1.82, 2.24) is 19.3 Å². The van der Waals surface area contributed by atoms with Crippen LogP contribution in [0.25, 0.3) is 0 Å². The predicted octanol–water partition coefficient (Wildman–Crippen LogP) is 0.414. The van der Waals surface area contributed by atoms with Crippen molar-refractivity contribution < 1.29 is 13.2 Å². The van der Waals surface area contributed by atoms with E-state index in [0.717, 1.165) is 12.8 Å². The van der Waals surface area contributed by atoms with Gasteiger partial charge in [0.15, 0.2) is 4.60 Å². The van der Waals surface area contributed by atoms with E-state index in [1.807, 2.05) is 0 Å². The fourth-order valence-corrected chi connectivity index (χ4v) is 4.70. The van der Waals surface area contributed by atoms with Crippen molar-refractivity contribution in [2.75, 3.05) is 6.54 Å². The van der Waals surface area contributed by atoms with Crippen LogP contribution in [-0.2, 0) is 21.9 Å². The summed E-state index contributed by atoms with van der Waals surface area (Å²) < 4.78 is 27.7. The molecule has 1 saturated heterocycles. The predicted molar refractivity (Wildman–Crippen MR) is 68.4 cm³/mol. The summed E-state index contributed by atoms with van der Waals surface area (Å²) >= 11 is 3.07. The first-order valence-electron chi connectivity index (χ1n) is 5.62. The molecular formula is C9H12BrN5O3S. The number of piperidine rings is 1. The highest BCUT2D eigenvalue weighted by molar-refractivity contribution is 9.10. The van der Waals surface area contributed by atoms with Gasteiger partial charge in [-0.25, -0.2) is 17.9 Å². The topological polar surface area (TPSA) is 97.5 Å². The molecule has 1 fully saturated rings. The van der Waals surface area contributed by atoms with E-state index in [2.05, 4.69) is 31.2 Å². The van der Waals surface area contributed by atoms with E-state index in [1.54, 1.807) is 0 Å². The fraction of sp³-hybridized carbons (Fsp3) is 0.667. The number of rotatable bonds is 3. The van der Waals surface area contributed by atoms with E-state index in [9.17, 15) is 13.2 Å². The maximum atomic E-state index is 12.6. The molecule has 0 bridgehead atoms. The van der Waals surface area contributed by atoms with Crippen LogP contribution >= 0.6 is 15.9 Å². The number of hydrogen-bond acceptors (Lipinski definition) is 6. The Bertz CT molecular complexity index is 602. The number of halogens is 1. The van der Waals surface area contributed by atoms with Crippen molar-refractivity contribution in [3.05, 3.63) is 4.60 Å². The van der Waals surface area contributed by atoms with Gasteiger partial charge < -0.3 is 0 Å². The Kier molecular flexibility index (Phi) is 4.14. The molecule has 10 heteroatoms. The lowest BCUT2D eigenvalue weighted by atomic mass is 10.1. The number of hydrogen-bond donors (Lipinski definition) is 0. The highest BCUT2D eigenvalue weighted by atomic mass is 79.9. The van der Waals surface area contributed by atoms with Crippen molar-refractivity contribution in [3.63, 3.8) is 0 Å². The number of aromatic nitrogens is 3. The summed E-state index contributed by atoms with van der Waals surface area (Å²) in [6, 6.07) is 0. The number of aryl methyl sites for hydroxylation is 1. The van der Waals surface area contributed by atoms with Crippen LogP contribution in [0, 0.1) is 0 Å². The second kappa shape index (κ2) is 5.49. The van der Waals surface area contributed by atoms with Gasteiger partial charge in [-0.05, 0) is 35.2 Å². The molecule has 1 aromatic rings. The molecule has 19 heavy (non-hydrogen) atoms. The van der Waals surface area contributed by atoms with Gasteiger partial charge >= 0.3 is 0 Å². The van der Waals surface area contributed by atoms with Crippen molar-refractivity contribution >= 4 is 32.0 Å². The molecule has 0 aliphatic carbocycles. The molecule has 0 spiro atoms. The van der Waals surface area contributed by atoms with Gasteiger partial charge in [-0.1, -0.05) is 5.21 Å². The first-order chi connectivity index (χ1) is 8.98. The Labute approximate surface area is 118 Å². The average Bonchev–Trinajstić information content (AvgIpc) is 2.70. The summed E-state index contributed by atoms with van der Waals surface area (Å²) in [5.41, 5.74) is 0. The molecule has 8 nitrogen and oxygen atoms in total. The van der Waals surface area contributed by atoms with E-state index < -0.39 is 16.2 Å². The van der Waals surface area contributed by atoms with Gasteiger partial charge in [-0.3, -0.25) is 0 Å². The Morgan fingerprint density at radius 3 is 2.79 bits per heavy atom. The van der Waals surface area contributed by atoms with E-state index in [1.165, 1.54) is 22.1 Å². The van der Waals surface area contributed by atoms with Crippen molar-refractivity contribution in [3.8, 4) is 0 Å². The highest BCUT2D eigenvalue weighted by Crippen LogP contribution is 2.28. The molecule has 1 aliphatic rings. The Morgan fingerprint density at radius 1 is 1.47 bits per heavy atom. The largest absolute Gasteiger partial charge is 0.264 e. The van der Waals surface area contributed by atoms with E-state index >= 15 is 0 Å². The zero-order chi connectivity index (χ0) is 14.0. The number of aliphatic imine (C=N–C) groups is 1. The average molecular weight is 350 g/mol. The van der Waals surface area contributed by atoms with Crippen LogP contribution in [-0.4, -0.2) is 46.5 Å². The molecule has 0 amide bonds. The Hall–Kier alpha value is -1.09. The lowest BCUT2D eigenvalue weighted by Crippen LogP contribution is -2.43. The molecular weight excluding hydrogens is 338 g/mol. The van der Waals surface area contributed by atoms with Crippen LogP contribution < -0.4 is 0 Å². The van der Waals surface area contributed by atoms with Crippen LogP contribution in [0.3, 0.4) is 0 Å². The van der Waals surface area contributed by atoms with Gasteiger partial charge in [0.25, 0.3) is 10.0 Å². The van der Waals surface area contributed by atoms with Crippen molar-refractivity contribution in [2.45, 2.75) is 30.5 Å². The third-order valence-corrected chi connectivity index (χ3v) is 5.70. The van der Waals surface area contributed by atoms with Gasteiger partial charge in [-0.2, -0.15) is 9.30 Å². The molecule has 0 N–H and O–H groups in total. The van der Waals surface area contributed by atoms with Crippen LogP contribution in [0.4, 0.5) is 0 Å². The maximum absolute atomic E-state index is 12.6. The summed E-state index contributed by atoms with van der Waals surface area (Å²) in [5, 5.41) is 7.28.